The minimum Gasteiger partial charge on any atom is -0.384 e. The Balaban J connectivity index is 2.37. The molecule has 0 aliphatic rings. The number of rotatable bonds is 2. The SMILES string of the molecule is OC(c1cccc(F)c1)c1ccc(C(F)(F)F)c(F)c1. The van der Waals surface area contributed by atoms with E-state index in [-0.39, 0.29) is 11.1 Å². The maximum absolute atomic E-state index is 13.4. The topological polar surface area (TPSA) is 20.2 Å². The van der Waals surface area contributed by atoms with Crippen LogP contribution in [0.3, 0.4) is 0 Å². The third-order valence-electron chi connectivity index (χ3n) is 2.78. The second kappa shape index (κ2) is 5.20. The summed E-state index contributed by atoms with van der Waals surface area (Å²) in [4.78, 5) is 0. The molecule has 1 atom stereocenters. The lowest BCUT2D eigenvalue weighted by Crippen LogP contribution is -2.09. The molecule has 2 aromatic carbocycles. The Morgan fingerprint density at radius 1 is 0.900 bits per heavy atom. The van der Waals surface area contributed by atoms with Crippen molar-refractivity contribution in [3.63, 3.8) is 0 Å². The van der Waals surface area contributed by atoms with Crippen LogP contribution in [0.5, 0.6) is 0 Å². The summed E-state index contributed by atoms with van der Waals surface area (Å²) in [6, 6.07) is 7.02. The Bertz CT molecular complexity index is 621. The van der Waals surface area contributed by atoms with Gasteiger partial charge in [0, 0.05) is 0 Å². The fourth-order valence-electron chi connectivity index (χ4n) is 1.80. The van der Waals surface area contributed by atoms with Crippen molar-refractivity contribution in [3.05, 3.63) is 70.8 Å². The Hall–Kier alpha value is -1.95. The molecule has 6 heteroatoms. The van der Waals surface area contributed by atoms with Gasteiger partial charge in [-0.25, -0.2) is 8.78 Å². The van der Waals surface area contributed by atoms with Gasteiger partial charge in [-0.1, -0.05) is 18.2 Å². The van der Waals surface area contributed by atoms with Crippen LogP contribution in [-0.2, 0) is 6.18 Å². The summed E-state index contributed by atoms with van der Waals surface area (Å²) in [6.07, 6.45) is -6.20. The number of benzene rings is 2. The molecule has 0 fully saturated rings. The van der Waals surface area contributed by atoms with Gasteiger partial charge in [-0.2, -0.15) is 13.2 Å². The standard InChI is InChI=1S/C14H9F5O/c15-10-3-1-2-8(6-10)13(20)9-4-5-11(12(16)7-9)14(17,18)19/h1-7,13,20H. The largest absolute Gasteiger partial charge is 0.419 e. The van der Waals surface area contributed by atoms with E-state index < -0.39 is 29.5 Å². The van der Waals surface area contributed by atoms with E-state index in [9.17, 15) is 27.1 Å². The zero-order valence-electron chi connectivity index (χ0n) is 9.96. The normalized spacial score (nSPS) is 13.3. The van der Waals surface area contributed by atoms with Crippen molar-refractivity contribution in [1.82, 2.24) is 0 Å². The van der Waals surface area contributed by atoms with Crippen molar-refractivity contribution in [2.75, 3.05) is 0 Å². The van der Waals surface area contributed by atoms with Gasteiger partial charge in [0.2, 0.25) is 0 Å². The second-order valence-corrected chi connectivity index (χ2v) is 4.19. The van der Waals surface area contributed by atoms with Crippen LogP contribution in [-0.4, -0.2) is 5.11 Å². The molecule has 0 aliphatic heterocycles. The Labute approximate surface area is 111 Å². The van der Waals surface area contributed by atoms with E-state index >= 15 is 0 Å². The third-order valence-corrected chi connectivity index (χ3v) is 2.78. The molecular weight excluding hydrogens is 279 g/mol. The smallest absolute Gasteiger partial charge is 0.384 e. The molecule has 0 saturated carbocycles. The lowest BCUT2D eigenvalue weighted by atomic mass is 10.00. The first kappa shape index (κ1) is 14.5. The summed E-state index contributed by atoms with van der Waals surface area (Å²) in [5.41, 5.74) is -1.36. The first-order chi connectivity index (χ1) is 9.29. The Kier molecular flexibility index (Phi) is 3.76. The molecule has 1 unspecified atom stereocenters. The average molecular weight is 288 g/mol. The van der Waals surface area contributed by atoms with Gasteiger partial charge in [-0.15, -0.1) is 0 Å². The summed E-state index contributed by atoms with van der Waals surface area (Å²) in [5, 5.41) is 9.92. The Morgan fingerprint density at radius 2 is 1.55 bits per heavy atom. The lowest BCUT2D eigenvalue weighted by molar-refractivity contribution is -0.140. The van der Waals surface area contributed by atoms with Crippen LogP contribution in [0.2, 0.25) is 0 Å². The minimum absolute atomic E-state index is 0.0823. The molecule has 0 aromatic heterocycles. The monoisotopic (exact) mass is 288 g/mol. The highest BCUT2D eigenvalue weighted by molar-refractivity contribution is 5.33. The summed E-state index contributed by atoms with van der Waals surface area (Å²) in [6.45, 7) is 0. The van der Waals surface area contributed by atoms with Gasteiger partial charge in [0.25, 0.3) is 0 Å². The van der Waals surface area contributed by atoms with Crippen molar-refractivity contribution in [2.45, 2.75) is 12.3 Å². The maximum Gasteiger partial charge on any atom is 0.419 e. The quantitative estimate of drug-likeness (QED) is 0.826. The molecule has 106 valence electrons. The second-order valence-electron chi connectivity index (χ2n) is 4.19. The van der Waals surface area contributed by atoms with Crippen LogP contribution in [0, 0.1) is 11.6 Å². The van der Waals surface area contributed by atoms with E-state index in [1.54, 1.807) is 0 Å². The molecule has 2 rings (SSSR count). The van der Waals surface area contributed by atoms with Crippen LogP contribution in [0.15, 0.2) is 42.5 Å². The van der Waals surface area contributed by atoms with Gasteiger partial charge in [0.15, 0.2) is 0 Å². The molecule has 0 amide bonds. The molecule has 2 aromatic rings. The predicted octanol–water partition coefficient (Wildman–Crippen LogP) is 4.07. The zero-order chi connectivity index (χ0) is 14.9. The number of hydrogen-bond donors (Lipinski definition) is 1. The molecule has 0 aliphatic carbocycles. The van der Waals surface area contributed by atoms with E-state index in [0.29, 0.717) is 12.1 Å². The number of aliphatic hydroxyl groups is 1. The van der Waals surface area contributed by atoms with Gasteiger partial charge in [0.05, 0.1) is 5.56 Å². The molecule has 0 bridgehead atoms. The first-order valence-electron chi connectivity index (χ1n) is 5.59. The van der Waals surface area contributed by atoms with Gasteiger partial charge >= 0.3 is 6.18 Å². The van der Waals surface area contributed by atoms with Crippen molar-refractivity contribution in [1.29, 1.82) is 0 Å². The van der Waals surface area contributed by atoms with Gasteiger partial charge in [-0.05, 0) is 35.4 Å². The lowest BCUT2D eigenvalue weighted by Gasteiger charge is -2.14. The Morgan fingerprint density at radius 3 is 2.10 bits per heavy atom. The van der Waals surface area contributed by atoms with Gasteiger partial charge in [-0.3, -0.25) is 0 Å². The summed E-state index contributed by atoms with van der Waals surface area (Å²) < 4.78 is 63.6. The minimum atomic E-state index is -4.80. The number of aliphatic hydroxyl groups excluding tert-OH is 1. The number of alkyl halides is 3. The highest BCUT2D eigenvalue weighted by Gasteiger charge is 2.34. The van der Waals surface area contributed by atoms with Crippen LogP contribution in [0.4, 0.5) is 22.0 Å². The number of hydrogen-bond acceptors (Lipinski definition) is 1. The molecule has 0 spiro atoms. The molecule has 1 nitrogen and oxygen atoms in total. The first-order valence-corrected chi connectivity index (χ1v) is 5.59. The van der Waals surface area contributed by atoms with Crippen LogP contribution in [0.25, 0.3) is 0 Å². The van der Waals surface area contributed by atoms with Crippen LogP contribution in [0.1, 0.15) is 22.8 Å². The highest BCUT2D eigenvalue weighted by Crippen LogP contribution is 2.33. The van der Waals surface area contributed by atoms with Crippen molar-refractivity contribution < 1.29 is 27.1 Å². The molecule has 0 saturated heterocycles. The van der Waals surface area contributed by atoms with E-state index in [2.05, 4.69) is 0 Å². The van der Waals surface area contributed by atoms with Crippen LogP contribution >= 0.6 is 0 Å². The number of halogens is 5. The summed E-state index contributed by atoms with van der Waals surface area (Å²) in [7, 11) is 0. The van der Waals surface area contributed by atoms with E-state index in [4.69, 9.17) is 0 Å². The van der Waals surface area contributed by atoms with E-state index in [0.717, 1.165) is 18.2 Å². The van der Waals surface area contributed by atoms with Crippen molar-refractivity contribution in [3.8, 4) is 0 Å². The molecule has 0 heterocycles. The van der Waals surface area contributed by atoms with Gasteiger partial charge in [0.1, 0.15) is 17.7 Å². The van der Waals surface area contributed by atoms with Crippen LogP contribution < -0.4 is 0 Å². The fourth-order valence-corrected chi connectivity index (χ4v) is 1.80. The summed E-state index contributed by atoms with van der Waals surface area (Å²) >= 11 is 0. The fraction of sp³-hybridized carbons (Fsp3) is 0.143. The molecule has 0 radical (unpaired) electrons. The predicted molar refractivity (Wildman–Crippen MR) is 61.9 cm³/mol. The molecule has 1 N–H and O–H groups in total. The molecular formula is C14H9F5O. The van der Waals surface area contributed by atoms with Crippen molar-refractivity contribution in [2.24, 2.45) is 0 Å². The average Bonchev–Trinajstić information content (AvgIpc) is 2.36. The van der Waals surface area contributed by atoms with Crippen molar-refractivity contribution >= 4 is 0 Å². The zero-order valence-corrected chi connectivity index (χ0v) is 9.96. The van der Waals surface area contributed by atoms with Gasteiger partial charge < -0.3 is 5.11 Å². The van der Waals surface area contributed by atoms with E-state index in [1.807, 2.05) is 0 Å². The summed E-state index contributed by atoms with van der Waals surface area (Å²) in [5.74, 6) is -2.08. The van der Waals surface area contributed by atoms with E-state index in [1.165, 1.54) is 12.1 Å². The highest BCUT2D eigenvalue weighted by atomic mass is 19.4. The third kappa shape index (κ3) is 2.96. The maximum atomic E-state index is 13.4. The molecule has 20 heavy (non-hydrogen) atoms.